The van der Waals surface area contributed by atoms with E-state index in [1.54, 1.807) is 0 Å². The lowest BCUT2D eigenvalue weighted by Gasteiger charge is -2.12. The maximum absolute atomic E-state index is 11.6. The fourth-order valence-corrected chi connectivity index (χ4v) is 3.06. The van der Waals surface area contributed by atoms with Gasteiger partial charge < -0.3 is 10.1 Å². The van der Waals surface area contributed by atoms with Crippen LogP contribution in [0, 0.1) is 5.41 Å². The number of carbonyl (C=O) groups is 3. The first-order valence-electron chi connectivity index (χ1n) is 7.23. The summed E-state index contributed by atoms with van der Waals surface area (Å²) in [5.41, 5.74) is 0.00141. The zero-order valence-electron chi connectivity index (χ0n) is 12.7. The zero-order valence-corrected chi connectivity index (χ0v) is 13.5. The maximum Gasteiger partial charge on any atom is 0.321 e. The molecule has 0 bridgehead atoms. The highest BCUT2D eigenvalue weighted by Gasteiger charge is 2.44. The minimum atomic E-state index is -0.440. The molecular formula is C14H24N2O4S. The molecule has 0 aliphatic heterocycles. The Morgan fingerprint density at radius 2 is 2.00 bits per heavy atom. The highest BCUT2D eigenvalue weighted by molar-refractivity contribution is 8.00. The Hall–Kier alpha value is -1.24. The van der Waals surface area contributed by atoms with E-state index in [-0.39, 0.29) is 23.0 Å². The van der Waals surface area contributed by atoms with Gasteiger partial charge in [-0.2, -0.15) is 11.8 Å². The van der Waals surface area contributed by atoms with Gasteiger partial charge in [-0.1, -0.05) is 13.3 Å². The van der Waals surface area contributed by atoms with Crippen LogP contribution in [0.1, 0.15) is 39.0 Å². The quantitative estimate of drug-likeness (QED) is 0.499. The van der Waals surface area contributed by atoms with Crippen molar-refractivity contribution < 1.29 is 19.1 Å². The van der Waals surface area contributed by atoms with Gasteiger partial charge in [0.2, 0.25) is 5.91 Å². The van der Waals surface area contributed by atoms with Crippen molar-refractivity contribution in [1.82, 2.24) is 10.6 Å². The maximum atomic E-state index is 11.6. The molecule has 1 rings (SSSR count). The number of unbranched alkanes of at least 4 members (excludes halogenated alkanes) is 1. The van der Waals surface area contributed by atoms with Crippen molar-refractivity contribution in [3.05, 3.63) is 0 Å². The van der Waals surface area contributed by atoms with Gasteiger partial charge in [-0.15, -0.1) is 0 Å². The lowest BCUT2D eigenvalue weighted by atomic mass is 10.1. The number of ether oxygens (including phenoxy) is 1. The Morgan fingerprint density at radius 1 is 1.29 bits per heavy atom. The summed E-state index contributed by atoms with van der Waals surface area (Å²) >= 11 is 1.45. The second-order valence-corrected chi connectivity index (χ2v) is 6.39. The molecule has 21 heavy (non-hydrogen) atoms. The van der Waals surface area contributed by atoms with Crippen LogP contribution in [0.4, 0.5) is 4.79 Å². The van der Waals surface area contributed by atoms with Crippen LogP contribution in [0.15, 0.2) is 0 Å². The molecule has 1 aliphatic carbocycles. The molecule has 2 N–H and O–H groups in total. The molecule has 0 aromatic heterocycles. The predicted molar refractivity (Wildman–Crippen MR) is 82.1 cm³/mol. The van der Waals surface area contributed by atoms with Gasteiger partial charge in [0.1, 0.15) is 0 Å². The van der Waals surface area contributed by atoms with Gasteiger partial charge in [0.05, 0.1) is 19.3 Å². The smallest absolute Gasteiger partial charge is 0.321 e. The third kappa shape index (κ3) is 7.36. The molecule has 6 nitrogen and oxygen atoms in total. The van der Waals surface area contributed by atoms with Crippen LogP contribution in [0.3, 0.4) is 0 Å². The lowest BCUT2D eigenvalue weighted by Crippen LogP contribution is -2.40. The summed E-state index contributed by atoms with van der Waals surface area (Å²) in [7, 11) is 1.39. The number of rotatable bonds is 9. The van der Waals surface area contributed by atoms with E-state index in [0.717, 1.165) is 31.4 Å². The van der Waals surface area contributed by atoms with Gasteiger partial charge >= 0.3 is 12.0 Å². The molecule has 1 fully saturated rings. The molecule has 1 aliphatic rings. The number of esters is 1. The van der Waals surface area contributed by atoms with Gasteiger partial charge in [0.15, 0.2) is 0 Å². The SMILES string of the molecule is CCCCNC(=O)NC(=O)CSCC1(CC(=O)OC)CC1. The molecule has 0 unspecified atom stereocenters. The van der Waals surface area contributed by atoms with Crippen molar-refractivity contribution in [3.63, 3.8) is 0 Å². The van der Waals surface area contributed by atoms with E-state index >= 15 is 0 Å². The number of amides is 3. The fraction of sp³-hybridized carbons (Fsp3) is 0.786. The van der Waals surface area contributed by atoms with Crippen LogP contribution in [-0.4, -0.2) is 43.1 Å². The summed E-state index contributed by atoms with van der Waals surface area (Å²) in [6.45, 7) is 2.61. The van der Waals surface area contributed by atoms with Crippen LogP contribution >= 0.6 is 11.8 Å². The van der Waals surface area contributed by atoms with E-state index in [4.69, 9.17) is 0 Å². The Morgan fingerprint density at radius 3 is 2.57 bits per heavy atom. The number of imide groups is 1. The molecule has 0 saturated heterocycles. The molecule has 0 heterocycles. The minimum absolute atomic E-state index is 0.00141. The van der Waals surface area contributed by atoms with E-state index in [0.29, 0.717) is 13.0 Å². The van der Waals surface area contributed by atoms with Crippen LogP contribution in [0.2, 0.25) is 0 Å². The molecule has 0 atom stereocenters. The molecule has 3 amide bonds. The van der Waals surface area contributed by atoms with Gasteiger partial charge in [0, 0.05) is 6.54 Å². The molecule has 0 radical (unpaired) electrons. The monoisotopic (exact) mass is 316 g/mol. The van der Waals surface area contributed by atoms with Gasteiger partial charge in [-0.3, -0.25) is 14.9 Å². The van der Waals surface area contributed by atoms with Crippen molar-refractivity contribution in [2.75, 3.05) is 25.2 Å². The first-order valence-corrected chi connectivity index (χ1v) is 8.39. The summed E-state index contributed by atoms with van der Waals surface area (Å²) in [4.78, 5) is 34.2. The van der Waals surface area contributed by atoms with E-state index in [9.17, 15) is 14.4 Å². The molecule has 0 spiro atoms. The van der Waals surface area contributed by atoms with E-state index in [2.05, 4.69) is 15.4 Å². The average Bonchev–Trinajstić information content (AvgIpc) is 3.18. The van der Waals surface area contributed by atoms with Crippen molar-refractivity contribution in [2.45, 2.75) is 39.0 Å². The highest BCUT2D eigenvalue weighted by Crippen LogP contribution is 2.51. The Labute approximate surface area is 129 Å². The summed E-state index contributed by atoms with van der Waals surface area (Å²) < 4.78 is 4.67. The predicted octanol–water partition coefficient (Wildman–Crippen LogP) is 1.69. The van der Waals surface area contributed by atoms with Crippen molar-refractivity contribution in [3.8, 4) is 0 Å². The van der Waals surface area contributed by atoms with Gasteiger partial charge in [0.25, 0.3) is 0 Å². The van der Waals surface area contributed by atoms with Crippen LogP contribution in [0.5, 0.6) is 0 Å². The number of nitrogens with one attached hydrogen (secondary N) is 2. The molecule has 0 aromatic rings. The van der Waals surface area contributed by atoms with Crippen LogP contribution in [-0.2, 0) is 14.3 Å². The summed E-state index contributed by atoms with van der Waals surface area (Å²) in [5, 5.41) is 4.92. The summed E-state index contributed by atoms with van der Waals surface area (Å²) in [6.07, 6.45) is 4.29. The van der Waals surface area contributed by atoms with E-state index in [1.165, 1.54) is 18.9 Å². The number of thioether (sulfide) groups is 1. The topological polar surface area (TPSA) is 84.5 Å². The standard InChI is InChI=1S/C14H24N2O4S/c1-3-4-7-15-13(19)16-11(17)9-21-10-14(5-6-14)8-12(18)20-2/h3-10H2,1-2H3,(H2,15,16,17,19). The number of hydrogen-bond donors (Lipinski definition) is 2. The van der Waals surface area contributed by atoms with Gasteiger partial charge in [-0.25, -0.2) is 4.79 Å². The fourth-order valence-electron chi connectivity index (χ4n) is 1.87. The minimum Gasteiger partial charge on any atom is -0.469 e. The second kappa shape index (κ2) is 8.92. The van der Waals surface area contributed by atoms with Crippen LogP contribution < -0.4 is 10.6 Å². The Bertz CT molecular complexity index is 383. The molecule has 7 heteroatoms. The average molecular weight is 316 g/mol. The third-order valence-electron chi connectivity index (χ3n) is 3.41. The van der Waals surface area contributed by atoms with E-state index in [1.807, 2.05) is 6.92 Å². The summed E-state index contributed by atoms with van der Waals surface area (Å²) in [5.74, 6) is 0.465. The largest absolute Gasteiger partial charge is 0.469 e. The lowest BCUT2D eigenvalue weighted by molar-refractivity contribution is -0.141. The third-order valence-corrected chi connectivity index (χ3v) is 4.70. The number of hydrogen-bond acceptors (Lipinski definition) is 5. The zero-order chi connectivity index (χ0) is 15.7. The summed E-state index contributed by atoms with van der Waals surface area (Å²) in [6, 6.07) is -0.440. The first-order chi connectivity index (χ1) is 10.0. The van der Waals surface area contributed by atoms with Gasteiger partial charge in [-0.05, 0) is 30.4 Å². The Kier molecular flexibility index (Phi) is 7.56. The number of methoxy groups -OCH3 is 1. The normalized spacial score (nSPS) is 15.1. The van der Waals surface area contributed by atoms with Crippen molar-refractivity contribution >= 4 is 29.7 Å². The second-order valence-electron chi connectivity index (χ2n) is 5.40. The highest BCUT2D eigenvalue weighted by atomic mass is 32.2. The van der Waals surface area contributed by atoms with Crippen LogP contribution in [0.25, 0.3) is 0 Å². The number of urea groups is 1. The number of carbonyl (C=O) groups excluding carboxylic acids is 3. The molecular weight excluding hydrogens is 292 g/mol. The van der Waals surface area contributed by atoms with E-state index < -0.39 is 6.03 Å². The Balaban J connectivity index is 2.13. The molecule has 0 aromatic carbocycles. The molecule has 1 saturated carbocycles. The van der Waals surface area contributed by atoms with Crippen molar-refractivity contribution in [2.24, 2.45) is 5.41 Å². The first kappa shape index (κ1) is 17.8. The molecule has 120 valence electrons. The van der Waals surface area contributed by atoms with Crippen molar-refractivity contribution in [1.29, 1.82) is 0 Å².